The second kappa shape index (κ2) is 7.59. The molecule has 0 atom stereocenters. The largest absolute Gasteiger partial charge is 0.435 e. The average molecular weight is 342 g/mol. The molecule has 3 rings (SSSR count). The molecule has 0 amide bonds. The number of ether oxygens (including phenoxy) is 4. The summed E-state index contributed by atoms with van der Waals surface area (Å²) < 4.78 is 20.2. The first-order valence-corrected chi connectivity index (χ1v) is 7.43. The monoisotopic (exact) mass is 342 g/mol. The fourth-order valence-corrected chi connectivity index (χ4v) is 2.30. The van der Waals surface area contributed by atoms with Gasteiger partial charge in [0.25, 0.3) is 0 Å². The van der Waals surface area contributed by atoms with Crippen LogP contribution in [-0.2, 0) is 25.6 Å². The number of carbonyl (C=O) groups is 3. The van der Waals surface area contributed by atoms with E-state index < -0.39 is 24.7 Å². The molecule has 0 saturated carbocycles. The SMILES string of the molecule is O=C1OCOC(=O)c2ccccc2C(=O)OCOCc2ccccc21. The summed E-state index contributed by atoms with van der Waals surface area (Å²) >= 11 is 0. The number of fused-ring (bicyclic) bond motifs is 2. The van der Waals surface area contributed by atoms with Crippen molar-refractivity contribution in [2.24, 2.45) is 0 Å². The molecule has 1 heterocycles. The third-order valence-electron chi connectivity index (χ3n) is 3.52. The summed E-state index contributed by atoms with van der Waals surface area (Å²) in [6.07, 6.45) is 0. The number of rotatable bonds is 0. The van der Waals surface area contributed by atoms with E-state index in [1.165, 1.54) is 12.1 Å². The van der Waals surface area contributed by atoms with Gasteiger partial charge in [-0.1, -0.05) is 30.3 Å². The second-order valence-corrected chi connectivity index (χ2v) is 5.08. The predicted octanol–water partition coefficient (Wildman–Crippen LogP) is 2.30. The maximum Gasteiger partial charge on any atom is 0.341 e. The molecule has 7 nitrogen and oxygen atoms in total. The Morgan fingerprint density at radius 2 is 1.08 bits per heavy atom. The zero-order valence-electron chi connectivity index (χ0n) is 13.1. The van der Waals surface area contributed by atoms with Crippen molar-refractivity contribution in [1.82, 2.24) is 0 Å². The number of hydrogen-bond acceptors (Lipinski definition) is 7. The zero-order chi connectivity index (χ0) is 17.6. The molecule has 0 saturated heterocycles. The molecule has 0 spiro atoms. The van der Waals surface area contributed by atoms with Gasteiger partial charge in [0.05, 0.1) is 23.3 Å². The van der Waals surface area contributed by atoms with E-state index in [9.17, 15) is 14.4 Å². The molecule has 0 radical (unpaired) electrons. The number of carbonyl (C=O) groups excluding carboxylic acids is 3. The van der Waals surface area contributed by atoms with Gasteiger partial charge < -0.3 is 18.9 Å². The van der Waals surface area contributed by atoms with E-state index in [-0.39, 0.29) is 30.1 Å². The van der Waals surface area contributed by atoms with Crippen LogP contribution in [0.15, 0.2) is 48.5 Å². The minimum absolute atomic E-state index is 0.0148. The van der Waals surface area contributed by atoms with E-state index in [0.29, 0.717) is 5.56 Å². The highest BCUT2D eigenvalue weighted by Gasteiger charge is 2.20. The molecule has 0 unspecified atom stereocenters. The van der Waals surface area contributed by atoms with E-state index in [2.05, 4.69) is 0 Å². The van der Waals surface area contributed by atoms with Crippen LogP contribution in [0.2, 0.25) is 0 Å². The summed E-state index contributed by atoms with van der Waals surface area (Å²) in [6.45, 7) is -0.845. The molecule has 0 aromatic heterocycles. The molecule has 25 heavy (non-hydrogen) atoms. The van der Waals surface area contributed by atoms with Crippen molar-refractivity contribution >= 4 is 17.9 Å². The van der Waals surface area contributed by atoms with E-state index >= 15 is 0 Å². The van der Waals surface area contributed by atoms with Gasteiger partial charge in [-0.05, 0) is 23.8 Å². The van der Waals surface area contributed by atoms with Crippen LogP contribution in [-0.4, -0.2) is 31.5 Å². The summed E-state index contributed by atoms with van der Waals surface area (Å²) in [7, 11) is 0. The lowest BCUT2D eigenvalue weighted by atomic mass is 10.1. The first-order valence-electron chi connectivity index (χ1n) is 7.43. The predicted molar refractivity (Wildman–Crippen MR) is 83.7 cm³/mol. The number of cyclic esters (lactones) is 3. The van der Waals surface area contributed by atoms with Crippen molar-refractivity contribution in [3.63, 3.8) is 0 Å². The molecule has 0 N–H and O–H groups in total. The first-order chi connectivity index (χ1) is 12.2. The Hall–Kier alpha value is -3.19. The van der Waals surface area contributed by atoms with Gasteiger partial charge in [0.2, 0.25) is 6.79 Å². The summed E-state index contributed by atoms with van der Waals surface area (Å²) in [5.74, 6) is -2.16. The molecule has 0 aliphatic carbocycles. The van der Waals surface area contributed by atoms with Gasteiger partial charge in [0.1, 0.15) is 0 Å². The summed E-state index contributed by atoms with van der Waals surface area (Å²) in [4.78, 5) is 36.4. The second-order valence-electron chi connectivity index (χ2n) is 5.08. The van der Waals surface area contributed by atoms with Crippen LogP contribution < -0.4 is 0 Å². The molecule has 1 aliphatic heterocycles. The first kappa shape index (κ1) is 16.7. The van der Waals surface area contributed by atoms with Crippen LogP contribution in [0.4, 0.5) is 0 Å². The highest BCUT2D eigenvalue weighted by atomic mass is 16.7. The zero-order valence-corrected chi connectivity index (χ0v) is 13.1. The summed E-state index contributed by atoms with van der Waals surface area (Å²) in [5, 5.41) is 0. The van der Waals surface area contributed by atoms with E-state index in [1.54, 1.807) is 36.4 Å². The van der Waals surface area contributed by atoms with Crippen molar-refractivity contribution < 1.29 is 33.3 Å². The molecule has 2 aromatic carbocycles. The van der Waals surface area contributed by atoms with E-state index in [4.69, 9.17) is 18.9 Å². The van der Waals surface area contributed by atoms with Crippen LogP contribution in [0.25, 0.3) is 0 Å². The normalized spacial score (nSPS) is 15.8. The Kier molecular flexibility index (Phi) is 5.06. The topological polar surface area (TPSA) is 88.1 Å². The smallest absolute Gasteiger partial charge is 0.341 e. The van der Waals surface area contributed by atoms with Crippen molar-refractivity contribution in [3.05, 3.63) is 70.8 Å². The Labute approximate surface area is 143 Å². The molecular formula is C18H14O7. The maximum absolute atomic E-state index is 12.1. The van der Waals surface area contributed by atoms with Gasteiger partial charge >= 0.3 is 17.9 Å². The van der Waals surface area contributed by atoms with Gasteiger partial charge in [-0.15, -0.1) is 0 Å². The van der Waals surface area contributed by atoms with Crippen molar-refractivity contribution in [3.8, 4) is 0 Å². The highest BCUT2D eigenvalue weighted by molar-refractivity contribution is 6.03. The molecular weight excluding hydrogens is 328 g/mol. The Bertz CT molecular complexity index is 813. The van der Waals surface area contributed by atoms with E-state index in [0.717, 1.165) is 0 Å². The minimum Gasteiger partial charge on any atom is -0.435 e. The third kappa shape index (κ3) is 3.84. The van der Waals surface area contributed by atoms with Gasteiger partial charge in [-0.25, -0.2) is 14.4 Å². The maximum atomic E-state index is 12.1. The molecule has 0 bridgehead atoms. The van der Waals surface area contributed by atoms with Gasteiger partial charge in [-0.3, -0.25) is 0 Å². The number of benzene rings is 2. The van der Waals surface area contributed by atoms with Crippen molar-refractivity contribution in [2.45, 2.75) is 6.61 Å². The minimum atomic E-state index is -0.799. The van der Waals surface area contributed by atoms with Crippen molar-refractivity contribution in [2.75, 3.05) is 13.6 Å². The van der Waals surface area contributed by atoms with Crippen LogP contribution in [0.5, 0.6) is 0 Å². The fourth-order valence-electron chi connectivity index (χ4n) is 2.30. The standard InChI is InChI=1S/C18H14O7/c19-16-13-6-2-1-5-12(13)9-22-10-23-17(20)14-7-3-4-8-15(14)18(21)25-11-24-16/h1-8H,9-11H2. The molecule has 7 heteroatoms. The Morgan fingerprint density at radius 1 is 0.600 bits per heavy atom. The van der Waals surface area contributed by atoms with Crippen LogP contribution >= 0.6 is 0 Å². The molecule has 0 fully saturated rings. The van der Waals surface area contributed by atoms with Crippen molar-refractivity contribution in [1.29, 1.82) is 0 Å². The lowest BCUT2D eigenvalue weighted by Crippen LogP contribution is -2.19. The molecule has 1 aliphatic rings. The van der Waals surface area contributed by atoms with Crippen LogP contribution in [0, 0.1) is 0 Å². The average Bonchev–Trinajstić information content (AvgIpc) is 2.64. The van der Waals surface area contributed by atoms with Crippen LogP contribution in [0.3, 0.4) is 0 Å². The number of hydrogen-bond donors (Lipinski definition) is 0. The molecule has 128 valence electrons. The van der Waals surface area contributed by atoms with E-state index in [1.807, 2.05) is 0 Å². The summed E-state index contributed by atoms with van der Waals surface area (Å²) in [6, 6.07) is 12.7. The van der Waals surface area contributed by atoms with Gasteiger partial charge in [-0.2, -0.15) is 0 Å². The van der Waals surface area contributed by atoms with Crippen LogP contribution in [0.1, 0.15) is 36.6 Å². The quantitative estimate of drug-likeness (QED) is 0.679. The highest BCUT2D eigenvalue weighted by Crippen LogP contribution is 2.15. The number of esters is 3. The van der Waals surface area contributed by atoms with Gasteiger partial charge in [0.15, 0.2) is 6.79 Å². The Balaban J connectivity index is 1.86. The lowest BCUT2D eigenvalue weighted by Gasteiger charge is -2.13. The Morgan fingerprint density at radius 3 is 1.72 bits per heavy atom. The molecule has 2 aromatic rings. The fraction of sp³-hybridized carbons (Fsp3) is 0.167. The lowest BCUT2D eigenvalue weighted by molar-refractivity contribution is -0.0399. The van der Waals surface area contributed by atoms with Gasteiger partial charge in [0, 0.05) is 0 Å². The third-order valence-corrected chi connectivity index (χ3v) is 3.52. The summed E-state index contributed by atoms with van der Waals surface area (Å²) in [5.41, 5.74) is 0.899.